The Morgan fingerprint density at radius 1 is 1.07 bits per heavy atom. The highest BCUT2D eigenvalue weighted by Gasteiger charge is 2.26. The predicted octanol–water partition coefficient (Wildman–Crippen LogP) is -0.367. The molecule has 1 fully saturated rings. The number of carbonyl (C=O) groups is 2. The summed E-state index contributed by atoms with van der Waals surface area (Å²) in [6.45, 7) is 8.57. The molecule has 1 aromatic rings. The van der Waals surface area contributed by atoms with Crippen LogP contribution in [-0.2, 0) is 9.59 Å². The van der Waals surface area contributed by atoms with E-state index in [9.17, 15) is 14.0 Å². The molecule has 1 aliphatic rings. The molecule has 0 spiro atoms. The van der Waals surface area contributed by atoms with Crippen molar-refractivity contribution in [2.24, 2.45) is 0 Å². The summed E-state index contributed by atoms with van der Waals surface area (Å²) in [5, 5.41) is 5.85. The third-order valence-electron chi connectivity index (χ3n) is 5.24. The Morgan fingerprint density at radius 3 is 2.32 bits per heavy atom. The van der Waals surface area contributed by atoms with E-state index in [1.807, 2.05) is 0 Å². The normalized spacial score (nSPS) is 20.4. The number of amides is 2. The molecular weight excluding hydrogens is 359 g/mol. The van der Waals surface area contributed by atoms with Crippen molar-refractivity contribution in [3.05, 3.63) is 30.1 Å². The van der Waals surface area contributed by atoms with Crippen LogP contribution >= 0.6 is 0 Å². The van der Waals surface area contributed by atoms with Crippen LogP contribution < -0.4 is 20.4 Å². The third-order valence-corrected chi connectivity index (χ3v) is 5.24. The predicted molar refractivity (Wildman–Crippen MR) is 108 cm³/mol. The largest absolute Gasteiger partial charge is 0.349 e. The van der Waals surface area contributed by atoms with Crippen molar-refractivity contribution < 1.29 is 23.8 Å². The molecule has 1 atom stereocenters. The lowest BCUT2D eigenvalue weighted by Gasteiger charge is -2.29. The van der Waals surface area contributed by atoms with E-state index < -0.39 is 0 Å². The second-order valence-electron chi connectivity index (χ2n) is 7.88. The highest BCUT2D eigenvalue weighted by Crippen LogP contribution is 2.08. The summed E-state index contributed by atoms with van der Waals surface area (Å²) in [5.74, 6) is -0.352. The van der Waals surface area contributed by atoms with E-state index in [1.54, 1.807) is 12.1 Å². The van der Waals surface area contributed by atoms with Gasteiger partial charge in [-0.05, 0) is 31.5 Å². The molecule has 28 heavy (non-hydrogen) atoms. The van der Waals surface area contributed by atoms with Crippen molar-refractivity contribution >= 4 is 17.5 Å². The molecule has 0 bridgehead atoms. The summed E-state index contributed by atoms with van der Waals surface area (Å²) in [7, 11) is 0. The molecule has 4 N–H and O–H groups in total. The van der Waals surface area contributed by atoms with Gasteiger partial charge in [0.1, 0.15) is 32.0 Å². The van der Waals surface area contributed by atoms with E-state index in [0.29, 0.717) is 18.8 Å². The van der Waals surface area contributed by atoms with Crippen LogP contribution in [0.4, 0.5) is 10.1 Å². The molecule has 1 aromatic carbocycles. The van der Waals surface area contributed by atoms with E-state index in [4.69, 9.17) is 0 Å². The lowest BCUT2D eigenvalue weighted by atomic mass is 10.1. The maximum Gasteiger partial charge on any atom is 0.279 e. The number of quaternary nitrogens is 2. The third kappa shape index (κ3) is 8.35. The van der Waals surface area contributed by atoms with Crippen LogP contribution in [0.25, 0.3) is 0 Å². The number of rotatable bonds is 10. The highest BCUT2D eigenvalue weighted by molar-refractivity contribution is 5.91. The number of benzene rings is 1. The van der Waals surface area contributed by atoms with Crippen LogP contribution in [0, 0.1) is 5.82 Å². The molecular formula is C21H35FN4O2+2. The zero-order valence-corrected chi connectivity index (χ0v) is 17.2. The van der Waals surface area contributed by atoms with Crippen LogP contribution in [0.3, 0.4) is 0 Å². The Kier molecular flexibility index (Phi) is 9.37. The first-order valence-electron chi connectivity index (χ1n) is 10.5. The second-order valence-corrected chi connectivity index (χ2v) is 7.88. The number of hydrogen-bond donors (Lipinski definition) is 4. The van der Waals surface area contributed by atoms with E-state index in [1.165, 1.54) is 34.8 Å². The Labute approximate surface area is 167 Å². The topological polar surface area (TPSA) is 67.1 Å². The second kappa shape index (κ2) is 11.8. The fourth-order valence-corrected chi connectivity index (χ4v) is 3.63. The van der Waals surface area contributed by atoms with Gasteiger partial charge in [0.25, 0.3) is 11.8 Å². The van der Waals surface area contributed by atoms with Crippen molar-refractivity contribution in [3.63, 3.8) is 0 Å². The quantitative estimate of drug-likeness (QED) is 0.409. The van der Waals surface area contributed by atoms with E-state index >= 15 is 0 Å². The first-order chi connectivity index (χ1) is 13.5. The van der Waals surface area contributed by atoms with Crippen LogP contribution in [0.2, 0.25) is 0 Å². The number of anilines is 1. The summed E-state index contributed by atoms with van der Waals surface area (Å²) in [4.78, 5) is 26.8. The minimum Gasteiger partial charge on any atom is -0.349 e. The molecule has 2 rings (SSSR count). The lowest BCUT2D eigenvalue weighted by Crippen LogP contribution is -3.28. The van der Waals surface area contributed by atoms with Gasteiger partial charge in [-0.15, -0.1) is 0 Å². The molecule has 0 radical (unpaired) electrons. The zero-order chi connectivity index (χ0) is 20.4. The Morgan fingerprint density at radius 2 is 1.71 bits per heavy atom. The van der Waals surface area contributed by atoms with Crippen LogP contribution in [0.5, 0.6) is 0 Å². The number of halogens is 1. The summed E-state index contributed by atoms with van der Waals surface area (Å²) >= 11 is 0. The number of piperazine rings is 1. The van der Waals surface area contributed by atoms with Gasteiger partial charge in [0.2, 0.25) is 0 Å². The molecule has 0 aliphatic carbocycles. The maximum absolute atomic E-state index is 13.2. The standard InChI is InChI=1S/C21H33FN4O2/c1-3-4-5-7-17(2)23-20(27)15-25-10-12-26(13-11-25)16-21(28)24-19-9-6-8-18(22)14-19/h6,8-9,14,17H,3-5,7,10-13,15-16H2,1-2H3,(H,23,27)(H,24,28)/p+2/t17-/m1/s1. The molecule has 6 nitrogen and oxygen atoms in total. The zero-order valence-electron chi connectivity index (χ0n) is 17.2. The number of carbonyl (C=O) groups excluding carboxylic acids is 2. The number of nitrogens with one attached hydrogen (secondary N) is 4. The first-order valence-corrected chi connectivity index (χ1v) is 10.5. The molecule has 0 saturated carbocycles. The molecule has 156 valence electrons. The van der Waals surface area contributed by atoms with Crippen molar-refractivity contribution in [1.82, 2.24) is 5.32 Å². The van der Waals surface area contributed by atoms with Gasteiger partial charge >= 0.3 is 0 Å². The van der Waals surface area contributed by atoms with Gasteiger partial charge in [0.15, 0.2) is 13.1 Å². The fourth-order valence-electron chi connectivity index (χ4n) is 3.63. The minimum absolute atomic E-state index is 0.109. The van der Waals surface area contributed by atoms with Crippen LogP contribution in [0.15, 0.2) is 24.3 Å². The molecule has 1 saturated heterocycles. The smallest absolute Gasteiger partial charge is 0.279 e. The molecule has 7 heteroatoms. The van der Waals surface area contributed by atoms with Crippen molar-refractivity contribution in [3.8, 4) is 0 Å². The number of hydrogen-bond acceptors (Lipinski definition) is 2. The summed E-state index contributed by atoms with van der Waals surface area (Å²) in [6, 6.07) is 6.16. The van der Waals surface area contributed by atoms with E-state index in [0.717, 1.165) is 39.0 Å². The molecule has 2 amide bonds. The fraction of sp³-hybridized carbons (Fsp3) is 0.619. The summed E-state index contributed by atoms with van der Waals surface area (Å²) in [5.41, 5.74) is 0.485. The van der Waals surface area contributed by atoms with Gasteiger partial charge in [-0.25, -0.2) is 4.39 Å². The lowest BCUT2D eigenvalue weighted by molar-refractivity contribution is -1.00. The number of unbranched alkanes of at least 4 members (excludes halogenated alkanes) is 2. The van der Waals surface area contributed by atoms with Gasteiger partial charge in [-0.1, -0.05) is 32.3 Å². The first kappa shape index (κ1) is 22.3. The van der Waals surface area contributed by atoms with E-state index in [-0.39, 0.29) is 23.7 Å². The Bertz CT molecular complexity index is 633. The molecule has 0 unspecified atom stereocenters. The van der Waals surface area contributed by atoms with Gasteiger partial charge < -0.3 is 20.4 Å². The van der Waals surface area contributed by atoms with Gasteiger partial charge in [-0.3, -0.25) is 9.59 Å². The molecule has 0 aromatic heterocycles. The average Bonchev–Trinajstić information content (AvgIpc) is 2.63. The van der Waals surface area contributed by atoms with Crippen molar-refractivity contribution in [1.29, 1.82) is 0 Å². The van der Waals surface area contributed by atoms with Crippen LogP contribution in [-0.4, -0.2) is 57.1 Å². The molecule has 1 aliphatic heterocycles. The minimum atomic E-state index is -0.361. The van der Waals surface area contributed by atoms with E-state index in [2.05, 4.69) is 24.5 Å². The van der Waals surface area contributed by atoms with Crippen molar-refractivity contribution in [2.45, 2.75) is 45.6 Å². The molecule has 1 heterocycles. The van der Waals surface area contributed by atoms with Gasteiger partial charge in [0.05, 0.1) is 0 Å². The summed E-state index contributed by atoms with van der Waals surface area (Å²) in [6.07, 6.45) is 4.60. The highest BCUT2D eigenvalue weighted by atomic mass is 19.1. The Balaban J connectivity index is 1.64. The Hall–Kier alpha value is -1.99. The monoisotopic (exact) mass is 394 g/mol. The summed E-state index contributed by atoms with van der Waals surface area (Å²) < 4.78 is 13.2. The SMILES string of the molecule is CCCCC[C@@H](C)NC(=O)C[NH+]1CC[NH+](CC(=O)Nc2cccc(F)c2)CC1. The van der Waals surface area contributed by atoms with Gasteiger partial charge in [0, 0.05) is 11.7 Å². The van der Waals surface area contributed by atoms with Crippen molar-refractivity contribution in [2.75, 3.05) is 44.6 Å². The average molecular weight is 395 g/mol. The maximum atomic E-state index is 13.2. The van der Waals surface area contributed by atoms with Crippen LogP contribution in [0.1, 0.15) is 39.5 Å². The van der Waals surface area contributed by atoms with Gasteiger partial charge in [-0.2, -0.15) is 0 Å².